The van der Waals surface area contributed by atoms with E-state index in [1.54, 1.807) is 23.5 Å². The summed E-state index contributed by atoms with van der Waals surface area (Å²) in [5, 5.41) is 7.80. The number of aromatic nitrogens is 2. The van der Waals surface area contributed by atoms with E-state index in [2.05, 4.69) is 10.1 Å². The molecule has 0 aliphatic carbocycles. The second kappa shape index (κ2) is 9.00. The van der Waals surface area contributed by atoms with Gasteiger partial charge in [-0.2, -0.15) is 16.3 Å². The standard InChI is InChI=1S/C21H21N3O4S/c25-19(8-7-18-22-20(23-28-18)17-9-12-29-14-17)27-13-15-3-5-16(6-4-15)21(26)24-10-1-2-11-24/h3-6,9,12,14H,1-2,7-8,10-11,13H2. The molecule has 4 rings (SSSR count). The maximum absolute atomic E-state index is 12.3. The summed E-state index contributed by atoms with van der Waals surface area (Å²) in [7, 11) is 0. The number of rotatable bonds is 7. The third-order valence-corrected chi connectivity index (χ3v) is 5.47. The van der Waals surface area contributed by atoms with Crippen LogP contribution in [0.15, 0.2) is 45.6 Å². The molecule has 0 N–H and O–H groups in total. The van der Waals surface area contributed by atoms with E-state index in [9.17, 15) is 9.59 Å². The van der Waals surface area contributed by atoms with Gasteiger partial charge in [-0.1, -0.05) is 17.3 Å². The van der Waals surface area contributed by atoms with E-state index in [-0.39, 0.29) is 24.9 Å². The lowest BCUT2D eigenvalue weighted by Crippen LogP contribution is -2.27. The van der Waals surface area contributed by atoms with Crippen molar-refractivity contribution in [3.63, 3.8) is 0 Å². The molecule has 1 amide bonds. The van der Waals surface area contributed by atoms with Gasteiger partial charge in [0.1, 0.15) is 6.61 Å². The molecule has 0 radical (unpaired) electrons. The molecule has 29 heavy (non-hydrogen) atoms. The number of aryl methyl sites for hydroxylation is 1. The number of carbonyl (C=O) groups excluding carboxylic acids is 2. The Balaban J connectivity index is 1.23. The second-order valence-corrected chi connectivity index (χ2v) is 7.66. The van der Waals surface area contributed by atoms with Gasteiger partial charge in [0, 0.05) is 36.0 Å². The van der Waals surface area contributed by atoms with Gasteiger partial charge in [0.15, 0.2) is 0 Å². The van der Waals surface area contributed by atoms with E-state index >= 15 is 0 Å². The predicted octanol–water partition coefficient (Wildman–Crippen LogP) is 3.71. The molecular formula is C21H21N3O4S. The third kappa shape index (κ3) is 4.89. The molecule has 1 fully saturated rings. The number of nitrogens with zero attached hydrogens (tertiary/aromatic N) is 3. The van der Waals surface area contributed by atoms with Crippen molar-refractivity contribution in [1.29, 1.82) is 0 Å². The highest BCUT2D eigenvalue weighted by Crippen LogP contribution is 2.19. The van der Waals surface area contributed by atoms with Crippen molar-refractivity contribution < 1.29 is 18.8 Å². The lowest BCUT2D eigenvalue weighted by atomic mass is 10.1. The van der Waals surface area contributed by atoms with Crippen LogP contribution in [0.4, 0.5) is 0 Å². The zero-order valence-corrected chi connectivity index (χ0v) is 16.7. The molecule has 0 bridgehead atoms. The van der Waals surface area contributed by atoms with Gasteiger partial charge in [0.2, 0.25) is 11.7 Å². The van der Waals surface area contributed by atoms with Crippen molar-refractivity contribution >= 4 is 23.2 Å². The summed E-state index contributed by atoms with van der Waals surface area (Å²) in [6.45, 7) is 1.82. The van der Waals surface area contributed by atoms with Crippen LogP contribution in [-0.4, -0.2) is 40.0 Å². The number of benzene rings is 1. The molecule has 8 heteroatoms. The molecule has 0 unspecified atom stereocenters. The van der Waals surface area contributed by atoms with Gasteiger partial charge < -0.3 is 14.2 Å². The molecule has 1 aliphatic heterocycles. The molecule has 150 valence electrons. The molecule has 2 aromatic heterocycles. The Kier molecular flexibility index (Phi) is 6.00. The van der Waals surface area contributed by atoms with Crippen LogP contribution in [0.5, 0.6) is 0 Å². The first kappa shape index (κ1) is 19.3. The van der Waals surface area contributed by atoms with Gasteiger partial charge in [-0.05, 0) is 42.0 Å². The topological polar surface area (TPSA) is 85.5 Å². The van der Waals surface area contributed by atoms with Gasteiger partial charge >= 0.3 is 5.97 Å². The lowest BCUT2D eigenvalue weighted by molar-refractivity contribution is -0.145. The van der Waals surface area contributed by atoms with E-state index in [1.807, 2.05) is 33.9 Å². The number of thiophene rings is 1. The molecule has 0 saturated carbocycles. The number of carbonyl (C=O) groups is 2. The van der Waals surface area contributed by atoms with E-state index in [0.717, 1.165) is 37.1 Å². The van der Waals surface area contributed by atoms with E-state index in [0.29, 0.717) is 23.7 Å². The van der Waals surface area contributed by atoms with Gasteiger partial charge in [-0.3, -0.25) is 9.59 Å². The van der Waals surface area contributed by atoms with Crippen molar-refractivity contribution in [1.82, 2.24) is 15.0 Å². The smallest absolute Gasteiger partial charge is 0.306 e. The first-order valence-corrected chi connectivity index (χ1v) is 10.5. The van der Waals surface area contributed by atoms with Crippen LogP contribution in [0.25, 0.3) is 11.4 Å². The minimum Gasteiger partial charge on any atom is -0.461 e. The molecule has 0 atom stereocenters. The van der Waals surface area contributed by atoms with Crippen molar-refractivity contribution in [3.05, 3.63) is 58.1 Å². The fourth-order valence-electron chi connectivity index (χ4n) is 3.16. The van der Waals surface area contributed by atoms with Gasteiger partial charge in [-0.25, -0.2) is 0 Å². The largest absolute Gasteiger partial charge is 0.461 e. The van der Waals surface area contributed by atoms with Gasteiger partial charge in [0.05, 0.1) is 6.42 Å². The second-order valence-electron chi connectivity index (χ2n) is 6.88. The van der Waals surface area contributed by atoms with E-state index < -0.39 is 0 Å². The molecule has 1 saturated heterocycles. The van der Waals surface area contributed by atoms with Crippen LogP contribution in [0.1, 0.15) is 41.1 Å². The van der Waals surface area contributed by atoms with E-state index in [4.69, 9.17) is 9.26 Å². The summed E-state index contributed by atoms with van der Waals surface area (Å²) in [5.74, 6) is 0.663. The fourth-order valence-corrected chi connectivity index (χ4v) is 3.79. The maximum atomic E-state index is 12.3. The van der Waals surface area contributed by atoms with Crippen LogP contribution in [0.3, 0.4) is 0 Å². The molecule has 1 aromatic carbocycles. The molecule has 3 aromatic rings. The van der Waals surface area contributed by atoms with Crippen molar-refractivity contribution in [2.75, 3.05) is 13.1 Å². The Morgan fingerprint density at radius 3 is 2.66 bits per heavy atom. The highest BCUT2D eigenvalue weighted by molar-refractivity contribution is 7.08. The molecule has 0 spiro atoms. The summed E-state index contributed by atoms with van der Waals surface area (Å²) in [4.78, 5) is 30.5. The minimum absolute atomic E-state index is 0.0624. The summed E-state index contributed by atoms with van der Waals surface area (Å²) >= 11 is 1.56. The normalized spacial score (nSPS) is 13.6. The highest BCUT2D eigenvalue weighted by atomic mass is 32.1. The first-order chi connectivity index (χ1) is 14.2. The number of likely N-dealkylation sites (tertiary alicyclic amines) is 1. The highest BCUT2D eigenvalue weighted by Gasteiger charge is 2.19. The Hall–Kier alpha value is -3.00. The van der Waals surface area contributed by atoms with Crippen molar-refractivity contribution in [2.24, 2.45) is 0 Å². The number of ether oxygens (including phenoxy) is 1. The van der Waals surface area contributed by atoms with Gasteiger partial charge in [-0.15, -0.1) is 0 Å². The summed E-state index contributed by atoms with van der Waals surface area (Å²) in [5.41, 5.74) is 2.41. The summed E-state index contributed by atoms with van der Waals surface area (Å²) < 4.78 is 10.5. The van der Waals surface area contributed by atoms with Crippen LogP contribution < -0.4 is 0 Å². The molecule has 3 heterocycles. The average molecular weight is 411 g/mol. The van der Waals surface area contributed by atoms with Gasteiger partial charge in [0.25, 0.3) is 5.91 Å². The maximum Gasteiger partial charge on any atom is 0.306 e. The third-order valence-electron chi connectivity index (χ3n) is 4.78. The van der Waals surface area contributed by atoms with Crippen LogP contribution >= 0.6 is 11.3 Å². The molecule has 7 nitrogen and oxygen atoms in total. The zero-order valence-electron chi connectivity index (χ0n) is 15.9. The Bertz CT molecular complexity index is 960. The zero-order chi connectivity index (χ0) is 20.1. The Morgan fingerprint density at radius 2 is 1.93 bits per heavy atom. The average Bonchev–Trinajstić information content (AvgIpc) is 3.52. The SMILES string of the molecule is O=C(CCc1nc(-c2ccsc2)no1)OCc1ccc(C(=O)N2CCCC2)cc1. The Morgan fingerprint density at radius 1 is 1.14 bits per heavy atom. The van der Waals surface area contributed by atoms with Crippen LogP contribution in [0.2, 0.25) is 0 Å². The summed E-state index contributed by atoms with van der Waals surface area (Å²) in [6, 6.07) is 9.13. The van der Waals surface area contributed by atoms with E-state index in [1.165, 1.54) is 0 Å². The number of hydrogen-bond acceptors (Lipinski definition) is 7. The van der Waals surface area contributed by atoms with Crippen LogP contribution in [-0.2, 0) is 22.6 Å². The van der Waals surface area contributed by atoms with Crippen LogP contribution in [0, 0.1) is 0 Å². The minimum atomic E-state index is -0.336. The monoisotopic (exact) mass is 411 g/mol. The first-order valence-electron chi connectivity index (χ1n) is 9.58. The molecule has 1 aliphatic rings. The lowest BCUT2D eigenvalue weighted by Gasteiger charge is -2.15. The van der Waals surface area contributed by atoms with Crippen molar-refractivity contribution in [3.8, 4) is 11.4 Å². The van der Waals surface area contributed by atoms with Crippen molar-refractivity contribution in [2.45, 2.75) is 32.3 Å². The quantitative estimate of drug-likeness (QED) is 0.551. The number of amides is 1. The molecular weight excluding hydrogens is 390 g/mol. The summed E-state index contributed by atoms with van der Waals surface area (Å²) in [6.07, 6.45) is 2.63. The predicted molar refractivity (Wildman–Crippen MR) is 107 cm³/mol. The fraction of sp³-hybridized carbons (Fsp3) is 0.333. The number of esters is 1. The Labute approximate surface area is 172 Å². The number of hydrogen-bond donors (Lipinski definition) is 0.